The molecule has 0 aliphatic heterocycles. The average Bonchev–Trinajstić information content (AvgIpc) is 3.67. The van der Waals surface area contributed by atoms with Crippen LogP contribution in [0.3, 0.4) is 0 Å². The molecule has 48 heavy (non-hydrogen) atoms. The topological polar surface area (TPSA) is 57.4 Å². The molecule has 0 saturated heterocycles. The van der Waals surface area contributed by atoms with Crippen LogP contribution in [0.4, 0.5) is 0 Å². The quantitative estimate of drug-likeness (QED) is 0.198. The molecule has 0 radical (unpaired) electrons. The highest BCUT2D eigenvalue weighted by Crippen LogP contribution is 2.45. The van der Waals surface area contributed by atoms with Crippen molar-refractivity contribution < 1.29 is 0 Å². The molecule has 0 amide bonds. The number of aromatic nitrogens is 2. The second kappa shape index (κ2) is 11.2. The van der Waals surface area contributed by atoms with Crippen LogP contribution < -0.4 is 0 Å². The molecular weight excluding hydrogens is 585 g/mol. The summed E-state index contributed by atoms with van der Waals surface area (Å²) >= 11 is 0. The normalized spacial score (nSPS) is 19.0. The number of fused-ring (bicyclic) bond motifs is 6. The third-order valence-corrected chi connectivity index (χ3v) is 10.1. The molecule has 0 spiro atoms. The van der Waals surface area contributed by atoms with Crippen LogP contribution in [0.1, 0.15) is 35.1 Å². The molecule has 226 valence electrons. The van der Waals surface area contributed by atoms with Crippen LogP contribution in [-0.4, -0.2) is 9.13 Å². The fourth-order valence-electron chi connectivity index (χ4n) is 8.02. The lowest BCUT2D eigenvalue weighted by atomic mass is 9.75. The van der Waals surface area contributed by atoms with Gasteiger partial charge in [-0.1, -0.05) is 96.6 Å². The molecule has 4 heteroatoms. The van der Waals surface area contributed by atoms with E-state index in [9.17, 15) is 10.5 Å². The molecule has 0 fully saturated rings. The molecule has 7 aromatic rings. The smallest absolute Gasteiger partial charge is 0.0991 e. The molecule has 5 aromatic carbocycles. The van der Waals surface area contributed by atoms with Gasteiger partial charge in [-0.2, -0.15) is 10.5 Å². The minimum atomic E-state index is 0.0558. The minimum absolute atomic E-state index is 0.0558. The summed E-state index contributed by atoms with van der Waals surface area (Å²) < 4.78 is 4.91. The summed E-state index contributed by atoms with van der Waals surface area (Å²) in [7, 11) is 0. The van der Waals surface area contributed by atoms with Gasteiger partial charge in [0.05, 0.1) is 40.3 Å². The number of benzene rings is 5. The molecule has 2 aromatic heterocycles. The Kier molecular flexibility index (Phi) is 6.49. The molecule has 0 N–H and O–H groups in total. The Morgan fingerprint density at radius 1 is 0.562 bits per heavy atom. The fourth-order valence-corrected chi connectivity index (χ4v) is 8.02. The summed E-state index contributed by atoms with van der Waals surface area (Å²) in [6, 6.07) is 44.7. The Morgan fingerprint density at radius 3 is 1.79 bits per heavy atom. The van der Waals surface area contributed by atoms with E-state index < -0.39 is 0 Å². The maximum atomic E-state index is 9.76. The first-order chi connectivity index (χ1) is 23.7. The summed E-state index contributed by atoms with van der Waals surface area (Å²) in [5.74, 6) is 0.281. The van der Waals surface area contributed by atoms with Gasteiger partial charge in [-0.05, 0) is 72.7 Å². The van der Waals surface area contributed by atoms with E-state index in [0.717, 1.165) is 33.9 Å². The number of hydrogen-bond acceptors (Lipinski definition) is 2. The zero-order chi connectivity index (χ0) is 32.2. The van der Waals surface area contributed by atoms with Gasteiger partial charge in [0.2, 0.25) is 0 Å². The SMILES string of the molecule is N#Cc1ccc(C2C=CC=CC2C2=CC(n3c4ccccc4c4cc(C#N)ccc43)=CC(n3c4ccccc4c4ccccc43)C2)cc1. The molecule has 9 rings (SSSR count). The van der Waals surface area contributed by atoms with E-state index in [1.807, 2.05) is 24.3 Å². The lowest BCUT2D eigenvalue weighted by molar-refractivity contribution is 0.558. The van der Waals surface area contributed by atoms with Crippen LogP contribution in [-0.2, 0) is 0 Å². The van der Waals surface area contributed by atoms with Gasteiger partial charge in [0, 0.05) is 50.1 Å². The summed E-state index contributed by atoms with van der Waals surface area (Å²) in [4.78, 5) is 0. The van der Waals surface area contributed by atoms with Crippen molar-refractivity contribution in [2.45, 2.75) is 18.4 Å². The first-order valence-corrected chi connectivity index (χ1v) is 16.4. The first-order valence-electron chi connectivity index (χ1n) is 16.4. The second-order valence-electron chi connectivity index (χ2n) is 12.7. The van der Waals surface area contributed by atoms with Crippen LogP contribution in [0.15, 0.2) is 157 Å². The number of para-hydroxylation sites is 3. The Labute approximate surface area is 278 Å². The van der Waals surface area contributed by atoms with Crippen LogP contribution in [0.2, 0.25) is 0 Å². The molecule has 3 unspecified atom stereocenters. The van der Waals surface area contributed by atoms with E-state index in [-0.39, 0.29) is 17.9 Å². The van der Waals surface area contributed by atoms with Crippen LogP contribution in [0, 0.1) is 28.6 Å². The summed E-state index contributed by atoms with van der Waals surface area (Å²) in [5.41, 5.74) is 9.67. The molecule has 4 nitrogen and oxygen atoms in total. The van der Waals surface area contributed by atoms with E-state index in [2.05, 4.69) is 149 Å². The molecule has 2 heterocycles. The summed E-state index contributed by atoms with van der Waals surface area (Å²) in [6.07, 6.45) is 14.6. The Bertz CT molecular complexity index is 2570. The van der Waals surface area contributed by atoms with Gasteiger partial charge in [-0.25, -0.2) is 0 Å². The van der Waals surface area contributed by atoms with Crippen molar-refractivity contribution in [3.8, 4) is 12.1 Å². The van der Waals surface area contributed by atoms with Gasteiger partial charge in [-0.3, -0.25) is 0 Å². The Balaban J connectivity index is 1.29. The lowest BCUT2D eigenvalue weighted by Crippen LogP contribution is -2.20. The van der Waals surface area contributed by atoms with Crippen molar-refractivity contribution in [1.29, 1.82) is 10.5 Å². The standard InChI is InChI=1S/C44H30N4/c45-27-29-17-20-31(21-18-29)35-9-1-2-10-36(35)32-24-33(47-41-14-6-3-11-37(41)38-12-4-7-15-42(38)47)26-34(25-32)48-43-16-8-5-13-39(43)40-23-30(28-46)19-22-44(40)48/h1-23,25-26,33,35-36H,24H2. The van der Waals surface area contributed by atoms with Gasteiger partial charge in [0.25, 0.3) is 0 Å². The molecule has 0 bridgehead atoms. The van der Waals surface area contributed by atoms with Crippen molar-refractivity contribution in [2.75, 3.05) is 0 Å². The summed E-state index contributed by atoms with van der Waals surface area (Å²) in [5, 5.41) is 23.9. The molecule has 0 saturated carbocycles. The predicted molar refractivity (Wildman–Crippen MR) is 195 cm³/mol. The molecule has 3 atom stereocenters. The zero-order valence-electron chi connectivity index (χ0n) is 26.2. The van der Waals surface area contributed by atoms with Crippen LogP contribution >= 0.6 is 0 Å². The van der Waals surface area contributed by atoms with E-state index in [0.29, 0.717) is 11.1 Å². The molecule has 2 aliphatic carbocycles. The van der Waals surface area contributed by atoms with Crippen molar-refractivity contribution in [3.05, 3.63) is 174 Å². The number of nitriles is 2. The van der Waals surface area contributed by atoms with Crippen LogP contribution in [0.25, 0.3) is 49.3 Å². The van der Waals surface area contributed by atoms with Crippen molar-refractivity contribution >= 4 is 49.3 Å². The van der Waals surface area contributed by atoms with Gasteiger partial charge in [0.15, 0.2) is 0 Å². The lowest BCUT2D eigenvalue weighted by Gasteiger charge is -2.33. The Hall–Kier alpha value is -6.36. The first kappa shape index (κ1) is 27.9. The van der Waals surface area contributed by atoms with Gasteiger partial charge in [0.1, 0.15) is 0 Å². The van der Waals surface area contributed by atoms with E-state index in [1.54, 1.807) is 0 Å². The highest BCUT2D eigenvalue weighted by molar-refractivity contribution is 6.11. The number of nitrogens with zero attached hydrogens (tertiary/aromatic N) is 4. The monoisotopic (exact) mass is 614 g/mol. The third kappa shape index (κ3) is 4.35. The average molecular weight is 615 g/mol. The largest absolute Gasteiger partial charge is 0.333 e. The van der Waals surface area contributed by atoms with Crippen LogP contribution in [0.5, 0.6) is 0 Å². The highest BCUT2D eigenvalue weighted by Gasteiger charge is 2.30. The summed E-state index contributed by atoms with van der Waals surface area (Å²) in [6.45, 7) is 0. The van der Waals surface area contributed by atoms with Gasteiger partial charge < -0.3 is 9.13 Å². The number of rotatable bonds is 4. The second-order valence-corrected chi connectivity index (χ2v) is 12.7. The highest BCUT2D eigenvalue weighted by atomic mass is 15.0. The fraction of sp³-hybridized carbons (Fsp3) is 0.0909. The van der Waals surface area contributed by atoms with E-state index in [1.165, 1.54) is 32.9 Å². The minimum Gasteiger partial charge on any atom is -0.333 e. The van der Waals surface area contributed by atoms with Gasteiger partial charge in [-0.15, -0.1) is 0 Å². The predicted octanol–water partition coefficient (Wildman–Crippen LogP) is 10.6. The van der Waals surface area contributed by atoms with Crippen molar-refractivity contribution in [1.82, 2.24) is 9.13 Å². The Morgan fingerprint density at radius 2 is 1.12 bits per heavy atom. The van der Waals surface area contributed by atoms with Crippen molar-refractivity contribution in [3.63, 3.8) is 0 Å². The molecular formula is C44H30N4. The maximum absolute atomic E-state index is 9.76. The number of hydrogen-bond donors (Lipinski definition) is 0. The van der Waals surface area contributed by atoms with E-state index in [4.69, 9.17) is 0 Å². The van der Waals surface area contributed by atoms with Crippen molar-refractivity contribution in [2.24, 2.45) is 5.92 Å². The van der Waals surface area contributed by atoms with E-state index >= 15 is 0 Å². The van der Waals surface area contributed by atoms with Gasteiger partial charge >= 0.3 is 0 Å². The zero-order valence-corrected chi connectivity index (χ0v) is 26.2. The maximum Gasteiger partial charge on any atom is 0.0991 e. The molecule has 2 aliphatic rings. The number of allylic oxidation sites excluding steroid dienone is 8. The third-order valence-electron chi connectivity index (χ3n) is 10.1.